The molecule has 1 saturated carbocycles. The Morgan fingerprint density at radius 2 is 1.78 bits per heavy atom. The highest BCUT2D eigenvalue weighted by molar-refractivity contribution is 5.98. The van der Waals surface area contributed by atoms with Gasteiger partial charge in [0.25, 0.3) is 5.91 Å². The first-order chi connectivity index (χ1) is 18.0. The number of primary amides is 1. The molecular formula is C27H32FN7O2. The number of nitrogens with zero attached hydrogens (tertiary/aromatic N) is 3. The summed E-state index contributed by atoms with van der Waals surface area (Å²) in [7, 11) is 0. The first kappa shape index (κ1) is 24.9. The van der Waals surface area contributed by atoms with E-state index in [9.17, 15) is 9.18 Å². The van der Waals surface area contributed by atoms with E-state index in [0.717, 1.165) is 74.9 Å². The molecule has 0 unspecified atom stereocenters. The van der Waals surface area contributed by atoms with Crippen molar-refractivity contribution in [1.82, 2.24) is 9.97 Å². The minimum atomic E-state index is -0.780. The van der Waals surface area contributed by atoms with E-state index < -0.39 is 11.7 Å². The number of carbonyl (C=O) groups is 1. The quantitative estimate of drug-likeness (QED) is 0.383. The van der Waals surface area contributed by atoms with Crippen molar-refractivity contribution in [1.29, 1.82) is 0 Å². The summed E-state index contributed by atoms with van der Waals surface area (Å²) in [6.07, 6.45) is 7.16. The van der Waals surface area contributed by atoms with Crippen LogP contribution in [0.25, 0.3) is 11.1 Å². The maximum Gasteiger partial charge on any atom is 0.252 e. The molecule has 6 N–H and O–H groups in total. The molecule has 1 aliphatic heterocycles. The predicted octanol–water partition coefficient (Wildman–Crippen LogP) is 3.64. The minimum Gasteiger partial charge on any atom is -0.378 e. The molecule has 0 radical (unpaired) electrons. The maximum absolute atomic E-state index is 14.8. The number of amides is 1. The fourth-order valence-electron chi connectivity index (χ4n) is 4.88. The lowest BCUT2D eigenvalue weighted by molar-refractivity contribution is 0.100. The number of anilines is 4. The number of aromatic nitrogens is 2. The van der Waals surface area contributed by atoms with Crippen molar-refractivity contribution < 1.29 is 13.9 Å². The van der Waals surface area contributed by atoms with Gasteiger partial charge in [-0.2, -0.15) is 0 Å². The van der Waals surface area contributed by atoms with Gasteiger partial charge in [0.15, 0.2) is 11.6 Å². The van der Waals surface area contributed by atoms with Crippen molar-refractivity contribution in [3.8, 4) is 11.1 Å². The lowest BCUT2D eigenvalue weighted by Crippen LogP contribution is -2.43. The van der Waals surface area contributed by atoms with Crippen molar-refractivity contribution in [2.24, 2.45) is 11.5 Å². The zero-order valence-corrected chi connectivity index (χ0v) is 20.6. The van der Waals surface area contributed by atoms with E-state index in [1.165, 1.54) is 0 Å². The highest BCUT2D eigenvalue weighted by Gasteiger charge is 2.24. The first-order valence-electron chi connectivity index (χ1n) is 12.7. The van der Waals surface area contributed by atoms with Gasteiger partial charge in [0.05, 0.1) is 30.7 Å². The van der Waals surface area contributed by atoms with Crippen LogP contribution in [0.15, 0.2) is 48.8 Å². The number of benzene rings is 1. The van der Waals surface area contributed by atoms with Crippen molar-refractivity contribution in [3.63, 3.8) is 0 Å². The molecule has 2 aliphatic rings. The Hall–Kier alpha value is -3.76. The highest BCUT2D eigenvalue weighted by Crippen LogP contribution is 2.29. The Balaban J connectivity index is 1.38. The zero-order chi connectivity index (χ0) is 25.8. The molecule has 9 nitrogen and oxygen atoms in total. The Kier molecular flexibility index (Phi) is 7.47. The highest BCUT2D eigenvalue weighted by atomic mass is 19.1. The smallest absolute Gasteiger partial charge is 0.252 e. The number of morpholine rings is 1. The van der Waals surface area contributed by atoms with Gasteiger partial charge >= 0.3 is 0 Å². The fourth-order valence-corrected chi connectivity index (χ4v) is 4.88. The molecule has 1 aromatic carbocycles. The van der Waals surface area contributed by atoms with E-state index in [-0.39, 0.29) is 29.3 Å². The van der Waals surface area contributed by atoms with E-state index in [4.69, 9.17) is 16.2 Å². The van der Waals surface area contributed by atoms with Crippen LogP contribution in [0.2, 0.25) is 0 Å². The molecule has 3 aromatic rings. The van der Waals surface area contributed by atoms with Crippen LogP contribution in [-0.2, 0) is 4.74 Å². The molecule has 3 heterocycles. The van der Waals surface area contributed by atoms with Crippen molar-refractivity contribution in [3.05, 3.63) is 60.2 Å². The van der Waals surface area contributed by atoms with E-state index in [1.807, 2.05) is 18.2 Å². The van der Waals surface area contributed by atoms with Crippen molar-refractivity contribution in [2.75, 3.05) is 41.8 Å². The third kappa shape index (κ3) is 5.81. The standard InChI is InChI=1S/C27H32FN7O2/c28-22-14-21(25(30)36)26(34-27(22)33-24-4-2-1-3-23(24)29)32-19-13-18(15-31-16-19)17-5-7-20(8-6-17)35-9-11-37-12-10-35/h5-8,13-16,23-24H,1-4,9-12,29H2,(H2,30,36)(H2,32,33,34)/t23-,24+/m0/s1. The van der Waals surface area contributed by atoms with E-state index in [2.05, 4.69) is 37.6 Å². The predicted molar refractivity (Wildman–Crippen MR) is 143 cm³/mol. The van der Waals surface area contributed by atoms with Gasteiger partial charge in [0, 0.05) is 42.6 Å². The van der Waals surface area contributed by atoms with Crippen LogP contribution in [-0.4, -0.2) is 54.3 Å². The van der Waals surface area contributed by atoms with Gasteiger partial charge in [-0.05, 0) is 42.7 Å². The van der Waals surface area contributed by atoms with Crippen LogP contribution in [0.4, 0.5) is 27.4 Å². The summed E-state index contributed by atoms with van der Waals surface area (Å²) >= 11 is 0. The Bertz CT molecular complexity index is 1250. The number of pyridine rings is 2. The number of nitrogens with two attached hydrogens (primary N) is 2. The van der Waals surface area contributed by atoms with E-state index in [0.29, 0.717) is 5.69 Å². The van der Waals surface area contributed by atoms with Gasteiger partial charge in [0.1, 0.15) is 5.82 Å². The number of nitrogens with one attached hydrogen (secondary N) is 2. The molecule has 5 rings (SSSR count). The second kappa shape index (κ2) is 11.1. The van der Waals surface area contributed by atoms with E-state index in [1.54, 1.807) is 12.4 Å². The van der Waals surface area contributed by atoms with Crippen LogP contribution in [0, 0.1) is 5.82 Å². The van der Waals surface area contributed by atoms with Gasteiger partial charge in [0.2, 0.25) is 0 Å². The largest absolute Gasteiger partial charge is 0.378 e. The van der Waals surface area contributed by atoms with Gasteiger partial charge in [-0.15, -0.1) is 0 Å². The summed E-state index contributed by atoms with van der Waals surface area (Å²) in [4.78, 5) is 23.1. The van der Waals surface area contributed by atoms with Gasteiger partial charge in [-0.25, -0.2) is 9.37 Å². The number of rotatable bonds is 7. The number of ether oxygens (including phenoxy) is 1. The summed E-state index contributed by atoms with van der Waals surface area (Å²) in [5.74, 6) is -1.23. The third-order valence-electron chi connectivity index (χ3n) is 6.96. The molecule has 194 valence electrons. The SMILES string of the molecule is NC(=O)c1cc(F)c(N[C@@H]2CCCC[C@@H]2N)nc1Nc1cncc(-c2ccc(N3CCOCC3)cc2)c1. The number of hydrogen-bond donors (Lipinski definition) is 4. The molecule has 2 atom stereocenters. The van der Waals surface area contributed by atoms with Crippen molar-refractivity contribution in [2.45, 2.75) is 37.8 Å². The maximum atomic E-state index is 14.8. The van der Waals surface area contributed by atoms with Gasteiger partial charge < -0.3 is 31.7 Å². The zero-order valence-electron chi connectivity index (χ0n) is 20.6. The lowest BCUT2D eigenvalue weighted by atomic mass is 9.91. The Morgan fingerprint density at radius 1 is 1.03 bits per heavy atom. The molecule has 2 fully saturated rings. The van der Waals surface area contributed by atoms with Crippen LogP contribution >= 0.6 is 0 Å². The number of halogens is 1. The molecule has 1 saturated heterocycles. The molecule has 2 aromatic heterocycles. The minimum absolute atomic E-state index is 0.0395. The second-order valence-corrected chi connectivity index (χ2v) is 9.51. The second-order valence-electron chi connectivity index (χ2n) is 9.51. The number of hydrogen-bond acceptors (Lipinski definition) is 8. The Labute approximate surface area is 215 Å². The number of carbonyl (C=O) groups excluding carboxylic acids is 1. The molecule has 1 aliphatic carbocycles. The van der Waals surface area contributed by atoms with Crippen LogP contribution in [0.1, 0.15) is 36.0 Å². The molecule has 10 heteroatoms. The molecule has 37 heavy (non-hydrogen) atoms. The Morgan fingerprint density at radius 3 is 2.51 bits per heavy atom. The van der Waals surface area contributed by atoms with Gasteiger partial charge in [-0.3, -0.25) is 9.78 Å². The first-order valence-corrected chi connectivity index (χ1v) is 12.7. The van der Waals surface area contributed by atoms with E-state index >= 15 is 0 Å². The average molecular weight is 506 g/mol. The molecule has 1 amide bonds. The third-order valence-corrected chi connectivity index (χ3v) is 6.96. The van der Waals surface area contributed by atoms with Crippen molar-refractivity contribution >= 4 is 28.9 Å². The molecule has 0 bridgehead atoms. The summed E-state index contributed by atoms with van der Waals surface area (Å²) in [5, 5.41) is 6.24. The summed E-state index contributed by atoms with van der Waals surface area (Å²) in [6.45, 7) is 3.21. The molecular weight excluding hydrogens is 473 g/mol. The summed E-state index contributed by atoms with van der Waals surface area (Å²) in [5.41, 5.74) is 15.3. The normalized spacial score (nSPS) is 19.9. The lowest BCUT2D eigenvalue weighted by Gasteiger charge is -2.30. The van der Waals surface area contributed by atoms with Crippen LogP contribution in [0.3, 0.4) is 0 Å². The van der Waals surface area contributed by atoms with Crippen LogP contribution < -0.4 is 27.0 Å². The summed E-state index contributed by atoms with van der Waals surface area (Å²) in [6, 6.07) is 11.1. The monoisotopic (exact) mass is 505 g/mol. The summed E-state index contributed by atoms with van der Waals surface area (Å²) < 4.78 is 20.3. The molecule has 0 spiro atoms. The average Bonchev–Trinajstić information content (AvgIpc) is 2.92. The van der Waals surface area contributed by atoms with Crippen LogP contribution in [0.5, 0.6) is 0 Å². The topological polar surface area (TPSA) is 131 Å². The van der Waals surface area contributed by atoms with Gasteiger partial charge in [-0.1, -0.05) is 25.0 Å². The fraction of sp³-hybridized carbons (Fsp3) is 0.370.